The summed E-state index contributed by atoms with van der Waals surface area (Å²) in [6.07, 6.45) is -5.97. The van der Waals surface area contributed by atoms with Crippen LogP contribution in [-0.2, 0) is 0 Å². The number of benzene rings is 1. The average molecular weight is 285 g/mol. The van der Waals surface area contributed by atoms with Crippen LogP contribution in [0, 0.1) is 17.5 Å². The molecule has 7 heteroatoms. The van der Waals surface area contributed by atoms with Crippen LogP contribution in [0.3, 0.4) is 0 Å². The number of hydrogen-bond acceptors (Lipinski definition) is 1. The fourth-order valence-electron chi connectivity index (χ4n) is 1.73. The lowest BCUT2D eigenvalue weighted by atomic mass is 10.0. The maximum Gasteiger partial charge on any atom is 0.389 e. The van der Waals surface area contributed by atoms with Crippen molar-refractivity contribution >= 4 is 0 Å². The normalized spacial score (nSPS) is 13.6. The number of rotatable bonds is 5. The van der Waals surface area contributed by atoms with Gasteiger partial charge in [-0.05, 0) is 19.0 Å². The lowest BCUT2D eigenvalue weighted by Gasteiger charge is -2.20. The predicted octanol–water partition coefficient (Wildman–Crippen LogP) is 4.10. The minimum Gasteiger partial charge on any atom is -0.310 e. The highest BCUT2D eigenvalue weighted by atomic mass is 19.4. The monoisotopic (exact) mass is 285 g/mol. The molecule has 1 nitrogen and oxygen atoms in total. The smallest absolute Gasteiger partial charge is 0.310 e. The highest BCUT2D eigenvalue weighted by Gasteiger charge is 2.29. The fourth-order valence-corrected chi connectivity index (χ4v) is 1.73. The SMILES string of the molecule is CCNC(CCC(F)(F)F)c1cc(F)c(F)cc1F. The van der Waals surface area contributed by atoms with E-state index in [1.54, 1.807) is 6.92 Å². The van der Waals surface area contributed by atoms with E-state index in [-0.39, 0.29) is 12.1 Å². The van der Waals surface area contributed by atoms with E-state index in [1.165, 1.54) is 0 Å². The first-order chi connectivity index (χ1) is 8.74. The molecule has 0 aromatic heterocycles. The molecule has 1 N–H and O–H groups in total. The van der Waals surface area contributed by atoms with E-state index in [1.807, 2.05) is 0 Å². The topological polar surface area (TPSA) is 12.0 Å². The summed E-state index contributed by atoms with van der Waals surface area (Å²) in [7, 11) is 0. The summed E-state index contributed by atoms with van der Waals surface area (Å²) in [5.41, 5.74) is -0.301. The van der Waals surface area contributed by atoms with Gasteiger partial charge in [-0.2, -0.15) is 13.2 Å². The molecule has 0 aliphatic carbocycles. The lowest BCUT2D eigenvalue weighted by molar-refractivity contribution is -0.136. The molecule has 0 spiro atoms. The fraction of sp³-hybridized carbons (Fsp3) is 0.500. The van der Waals surface area contributed by atoms with Gasteiger partial charge < -0.3 is 5.32 Å². The first kappa shape index (κ1) is 15.8. The standard InChI is InChI=1S/C12H13F6N/c1-2-19-11(3-4-12(16,17)18)7-5-9(14)10(15)6-8(7)13/h5-6,11,19H,2-4H2,1H3. The van der Waals surface area contributed by atoms with E-state index in [4.69, 9.17) is 0 Å². The van der Waals surface area contributed by atoms with Gasteiger partial charge in [0.05, 0.1) is 0 Å². The molecule has 1 atom stereocenters. The van der Waals surface area contributed by atoms with Gasteiger partial charge in [0.2, 0.25) is 0 Å². The van der Waals surface area contributed by atoms with Crippen molar-refractivity contribution < 1.29 is 26.3 Å². The molecule has 0 radical (unpaired) electrons. The summed E-state index contributed by atoms with van der Waals surface area (Å²) >= 11 is 0. The molecule has 0 saturated carbocycles. The van der Waals surface area contributed by atoms with Gasteiger partial charge in [0.15, 0.2) is 11.6 Å². The summed E-state index contributed by atoms with van der Waals surface area (Å²) in [5.74, 6) is -3.72. The van der Waals surface area contributed by atoms with Crippen LogP contribution >= 0.6 is 0 Å². The highest BCUT2D eigenvalue weighted by Crippen LogP contribution is 2.29. The van der Waals surface area contributed by atoms with Gasteiger partial charge in [-0.15, -0.1) is 0 Å². The van der Waals surface area contributed by atoms with Crippen LogP contribution in [0.1, 0.15) is 31.4 Å². The maximum atomic E-state index is 13.5. The molecule has 0 saturated heterocycles. The van der Waals surface area contributed by atoms with Gasteiger partial charge in [-0.25, -0.2) is 13.2 Å². The molecule has 1 unspecified atom stereocenters. The molecule has 1 rings (SSSR count). The van der Waals surface area contributed by atoms with Crippen LogP contribution in [0.25, 0.3) is 0 Å². The Balaban J connectivity index is 2.95. The van der Waals surface area contributed by atoms with Crippen molar-refractivity contribution in [3.05, 3.63) is 35.1 Å². The Morgan fingerprint density at radius 2 is 1.63 bits per heavy atom. The van der Waals surface area contributed by atoms with Crippen molar-refractivity contribution in [2.45, 2.75) is 32.0 Å². The first-order valence-corrected chi connectivity index (χ1v) is 5.69. The Morgan fingerprint density at radius 3 is 2.16 bits per heavy atom. The largest absolute Gasteiger partial charge is 0.389 e. The zero-order valence-corrected chi connectivity index (χ0v) is 10.1. The Morgan fingerprint density at radius 1 is 1.05 bits per heavy atom. The Bertz CT molecular complexity index is 429. The molecular weight excluding hydrogens is 272 g/mol. The van der Waals surface area contributed by atoms with Crippen LogP contribution in [0.2, 0.25) is 0 Å². The number of hydrogen-bond donors (Lipinski definition) is 1. The molecule has 0 fully saturated rings. The third-order valence-electron chi connectivity index (χ3n) is 2.58. The number of alkyl halides is 3. The Hall–Kier alpha value is -1.24. The van der Waals surface area contributed by atoms with E-state index in [0.717, 1.165) is 0 Å². The number of halogens is 6. The average Bonchev–Trinajstić information content (AvgIpc) is 2.28. The molecule has 1 aromatic carbocycles. The van der Waals surface area contributed by atoms with Crippen molar-refractivity contribution in [3.8, 4) is 0 Å². The summed E-state index contributed by atoms with van der Waals surface area (Å²) < 4.78 is 75.8. The second-order valence-corrected chi connectivity index (χ2v) is 4.05. The molecule has 0 heterocycles. The van der Waals surface area contributed by atoms with Crippen LogP contribution < -0.4 is 5.32 Å². The minimum atomic E-state index is -4.39. The summed E-state index contributed by atoms with van der Waals surface area (Å²) in [5, 5.41) is 2.63. The summed E-state index contributed by atoms with van der Waals surface area (Å²) in [4.78, 5) is 0. The quantitative estimate of drug-likeness (QED) is 0.634. The van der Waals surface area contributed by atoms with E-state index in [0.29, 0.717) is 12.1 Å². The minimum absolute atomic E-state index is 0.279. The van der Waals surface area contributed by atoms with E-state index in [9.17, 15) is 26.3 Å². The summed E-state index contributed by atoms with van der Waals surface area (Å²) in [6.45, 7) is 1.90. The van der Waals surface area contributed by atoms with Crippen molar-refractivity contribution in [2.75, 3.05) is 6.54 Å². The molecular formula is C12H13F6N. The van der Waals surface area contributed by atoms with Crippen molar-refractivity contribution in [1.82, 2.24) is 5.32 Å². The van der Waals surface area contributed by atoms with Crippen molar-refractivity contribution in [3.63, 3.8) is 0 Å². The molecule has 19 heavy (non-hydrogen) atoms. The summed E-state index contributed by atoms with van der Waals surface area (Å²) in [6, 6.07) is -0.0847. The second kappa shape index (κ2) is 6.27. The second-order valence-electron chi connectivity index (χ2n) is 4.05. The molecule has 0 bridgehead atoms. The van der Waals surface area contributed by atoms with Gasteiger partial charge in [-0.1, -0.05) is 6.92 Å². The Labute approximate surface area is 106 Å². The Kier molecular flexibility index (Phi) is 5.22. The van der Waals surface area contributed by atoms with Gasteiger partial charge in [0.25, 0.3) is 0 Å². The van der Waals surface area contributed by atoms with Crippen LogP contribution in [-0.4, -0.2) is 12.7 Å². The molecule has 0 aliphatic heterocycles. The highest BCUT2D eigenvalue weighted by molar-refractivity contribution is 5.23. The molecule has 1 aromatic rings. The molecule has 0 aliphatic rings. The van der Waals surface area contributed by atoms with Gasteiger partial charge in [0, 0.05) is 24.1 Å². The third kappa shape index (κ3) is 4.74. The van der Waals surface area contributed by atoms with Gasteiger partial charge in [0.1, 0.15) is 5.82 Å². The van der Waals surface area contributed by atoms with Gasteiger partial charge in [-0.3, -0.25) is 0 Å². The van der Waals surface area contributed by atoms with E-state index < -0.39 is 42.5 Å². The van der Waals surface area contributed by atoms with Crippen LogP contribution in [0.5, 0.6) is 0 Å². The van der Waals surface area contributed by atoms with Crippen LogP contribution in [0.15, 0.2) is 12.1 Å². The first-order valence-electron chi connectivity index (χ1n) is 5.69. The van der Waals surface area contributed by atoms with Crippen molar-refractivity contribution in [2.24, 2.45) is 0 Å². The zero-order valence-electron chi connectivity index (χ0n) is 10.1. The number of nitrogens with one attached hydrogen (secondary N) is 1. The molecule has 0 amide bonds. The maximum absolute atomic E-state index is 13.5. The van der Waals surface area contributed by atoms with Gasteiger partial charge >= 0.3 is 6.18 Å². The zero-order chi connectivity index (χ0) is 14.6. The molecule has 108 valence electrons. The van der Waals surface area contributed by atoms with Crippen molar-refractivity contribution in [1.29, 1.82) is 0 Å². The predicted molar refractivity (Wildman–Crippen MR) is 58.0 cm³/mol. The third-order valence-corrected chi connectivity index (χ3v) is 2.58. The van der Waals surface area contributed by atoms with E-state index >= 15 is 0 Å². The van der Waals surface area contributed by atoms with Crippen LogP contribution in [0.4, 0.5) is 26.3 Å². The lowest BCUT2D eigenvalue weighted by Crippen LogP contribution is -2.24. The van der Waals surface area contributed by atoms with E-state index in [2.05, 4.69) is 5.32 Å².